The van der Waals surface area contributed by atoms with Gasteiger partial charge in [-0.05, 0) is 37.5 Å². The molecule has 1 amide bonds. The van der Waals surface area contributed by atoms with Crippen LogP contribution in [0.1, 0.15) is 31.2 Å². The maximum Gasteiger partial charge on any atom is 0.396 e. The van der Waals surface area contributed by atoms with E-state index in [9.17, 15) is 9.59 Å². The van der Waals surface area contributed by atoms with Crippen LogP contribution in [0.5, 0.6) is 11.5 Å². The number of hydrogen-bond acceptors (Lipinski definition) is 5. The van der Waals surface area contributed by atoms with Crippen LogP contribution in [0.2, 0.25) is 0 Å². The van der Waals surface area contributed by atoms with Gasteiger partial charge in [-0.25, -0.2) is 4.79 Å². The second-order valence-corrected chi connectivity index (χ2v) is 5.46. The van der Waals surface area contributed by atoms with Gasteiger partial charge in [-0.3, -0.25) is 4.79 Å². The Kier molecular flexibility index (Phi) is 4.50. The van der Waals surface area contributed by atoms with Crippen LogP contribution in [0.3, 0.4) is 0 Å². The average molecular weight is 317 g/mol. The third-order valence-corrected chi connectivity index (χ3v) is 4.03. The van der Waals surface area contributed by atoms with Crippen LogP contribution in [0.15, 0.2) is 30.4 Å². The molecule has 1 aromatic rings. The van der Waals surface area contributed by atoms with Crippen molar-refractivity contribution in [3.05, 3.63) is 35.9 Å². The van der Waals surface area contributed by atoms with Gasteiger partial charge in [-0.2, -0.15) is 0 Å². The van der Waals surface area contributed by atoms with Gasteiger partial charge in [0.25, 0.3) is 0 Å². The zero-order valence-electron chi connectivity index (χ0n) is 12.9. The minimum atomic E-state index is -0.841. The smallest absolute Gasteiger partial charge is 0.396 e. The van der Waals surface area contributed by atoms with Crippen molar-refractivity contribution in [1.29, 1.82) is 0 Å². The van der Waals surface area contributed by atoms with Crippen molar-refractivity contribution in [3.8, 4) is 11.5 Å². The summed E-state index contributed by atoms with van der Waals surface area (Å²) in [6, 6.07) is 5.63. The van der Waals surface area contributed by atoms with Crippen molar-refractivity contribution in [2.75, 3.05) is 13.4 Å². The van der Waals surface area contributed by atoms with E-state index in [0.717, 1.165) is 17.7 Å². The molecular weight excluding hydrogens is 298 g/mol. The molecule has 0 unspecified atom stereocenters. The second-order valence-electron chi connectivity index (χ2n) is 5.46. The van der Waals surface area contributed by atoms with E-state index in [1.165, 1.54) is 0 Å². The quantitative estimate of drug-likeness (QED) is 0.523. The molecule has 3 rings (SSSR count). The van der Waals surface area contributed by atoms with Gasteiger partial charge in [0.05, 0.1) is 6.61 Å². The molecule has 2 atom stereocenters. The molecule has 0 aromatic heterocycles. The van der Waals surface area contributed by atoms with E-state index < -0.39 is 11.9 Å². The highest BCUT2D eigenvalue weighted by molar-refractivity contribution is 6.32. The molecule has 0 saturated heterocycles. The maximum atomic E-state index is 11.9. The molecule has 1 aliphatic carbocycles. The normalized spacial score (nSPS) is 21.8. The molecule has 1 heterocycles. The maximum absolute atomic E-state index is 11.9. The molecule has 23 heavy (non-hydrogen) atoms. The summed E-state index contributed by atoms with van der Waals surface area (Å²) in [6.45, 7) is 2.08. The van der Waals surface area contributed by atoms with Crippen LogP contribution >= 0.6 is 0 Å². The van der Waals surface area contributed by atoms with Crippen LogP contribution in [-0.2, 0) is 14.3 Å². The highest BCUT2D eigenvalue weighted by Gasteiger charge is 2.29. The Balaban J connectivity index is 1.75. The first-order valence-electron chi connectivity index (χ1n) is 7.71. The van der Waals surface area contributed by atoms with Crippen molar-refractivity contribution < 1.29 is 23.8 Å². The number of amides is 1. The molecule has 0 fully saturated rings. The summed E-state index contributed by atoms with van der Waals surface area (Å²) >= 11 is 0. The van der Waals surface area contributed by atoms with E-state index in [4.69, 9.17) is 14.2 Å². The zero-order valence-corrected chi connectivity index (χ0v) is 12.9. The zero-order chi connectivity index (χ0) is 16.2. The van der Waals surface area contributed by atoms with Gasteiger partial charge in [0.2, 0.25) is 6.79 Å². The van der Waals surface area contributed by atoms with Gasteiger partial charge in [0.1, 0.15) is 0 Å². The molecule has 0 spiro atoms. The minimum Gasteiger partial charge on any atom is -0.459 e. The summed E-state index contributed by atoms with van der Waals surface area (Å²) in [5.74, 6) is -0.0167. The molecule has 1 aliphatic heterocycles. The number of rotatable bonds is 3. The van der Waals surface area contributed by atoms with Crippen LogP contribution < -0.4 is 14.8 Å². The number of carbonyl (C=O) groups excluding carboxylic acids is 2. The summed E-state index contributed by atoms with van der Waals surface area (Å²) < 4.78 is 15.5. The Morgan fingerprint density at radius 2 is 2.00 bits per heavy atom. The molecule has 6 heteroatoms. The van der Waals surface area contributed by atoms with Crippen LogP contribution in [0.25, 0.3) is 0 Å². The number of nitrogens with one attached hydrogen (secondary N) is 1. The molecule has 6 nitrogen and oxygen atoms in total. The summed E-state index contributed by atoms with van der Waals surface area (Å²) in [5, 5.41) is 2.78. The first kappa shape index (κ1) is 15.4. The second kappa shape index (κ2) is 6.73. The van der Waals surface area contributed by atoms with E-state index in [-0.39, 0.29) is 25.4 Å². The monoisotopic (exact) mass is 317 g/mol. The van der Waals surface area contributed by atoms with E-state index in [1.807, 2.05) is 24.3 Å². The van der Waals surface area contributed by atoms with E-state index in [0.29, 0.717) is 12.2 Å². The predicted molar refractivity (Wildman–Crippen MR) is 82.2 cm³/mol. The first-order valence-corrected chi connectivity index (χ1v) is 7.71. The van der Waals surface area contributed by atoms with Crippen LogP contribution in [-0.4, -0.2) is 31.3 Å². The Bertz CT molecular complexity index is 640. The van der Waals surface area contributed by atoms with Gasteiger partial charge < -0.3 is 19.5 Å². The Morgan fingerprint density at radius 3 is 2.83 bits per heavy atom. The fourth-order valence-electron chi connectivity index (χ4n) is 2.91. The van der Waals surface area contributed by atoms with Gasteiger partial charge in [-0.1, -0.05) is 18.2 Å². The lowest BCUT2D eigenvalue weighted by Gasteiger charge is -2.29. The number of allylic oxidation sites excluding steroid dienone is 1. The predicted octanol–water partition coefficient (Wildman–Crippen LogP) is 1.90. The van der Waals surface area contributed by atoms with Gasteiger partial charge in [0, 0.05) is 12.0 Å². The number of fused-ring (bicyclic) bond motifs is 1. The third kappa shape index (κ3) is 3.31. The number of ether oxygens (including phenoxy) is 3. The Hall–Kier alpha value is -2.50. The largest absolute Gasteiger partial charge is 0.459 e. The summed E-state index contributed by atoms with van der Waals surface area (Å²) in [5.41, 5.74) is 1.05. The minimum absolute atomic E-state index is 0.0767. The third-order valence-electron chi connectivity index (χ3n) is 4.03. The fraction of sp³-hybridized carbons (Fsp3) is 0.412. The fourth-order valence-corrected chi connectivity index (χ4v) is 2.91. The first-order chi connectivity index (χ1) is 11.2. The molecule has 0 radical (unpaired) electrons. The summed E-state index contributed by atoms with van der Waals surface area (Å²) in [7, 11) is 0. The summed E-state index contributed by atoms with van der Waals surface area (Å²) in [4.78, 5) is 23.4. The van der Waals surface area contributed by atoms with Gasteiger partial charge in [0.15, 0.2) is 11.5 Å². The lowest BCUT2D eigenvalue weighted by Crippen LogP contribution is -2.43. The lowest BCUT2D eigenvalue weighted by molar-refractivity contribution is -0.154. The topological polar surface area (TPSA) is 73.9 Å². The van der Waals surface area contributed by atoms with Crippen molar-refractivity contribution in [2.45, 2.75) is 31.7 Å². The van der Waals surface area contributed by atoms with Crippen molar-refractivity contribution >= 4 is 11.9 Å². The SMILES string of the molecule is CCOC(=O)C(=O)N[C@@H]1CC=CC[C@@H]1c1ccc2c(c1)OCO2. The number of hydrogen-bond donors (Lipinski definition) is 1. The van der Waals surface area contributed by atoms with E-state index in [2.05, 4.69) is 11.4 Å². The lowest BCUT2D eigenvalue weighted by atomic mass is 9.83. The van der Waals surface area contributed by atoms with Crippen LogP contribution in [0, 0.1) is 0 Å². The standard InChI is InChI=1S/C17H19NO5/c1-2-21-17(20)16(19)18-13-6-4-3-5-12(13)11-7-8-14-15(9-11)23-10-22-14/h3-4,7-9,12-13H,2,5-6,10H2,1H3,(H,18,19)/t12-,13-/m1/s1. The molecule has 122 valence electrons. The molecule has 1 N–H and O–H groups in total. The molecular formula is C17H19NO5. The molecule has 1 aromatic carbocycles. The molecule has 2 aliphatic rings. The Morgan fingerprint density at radius 1 is 1.22 bits per heavy atom. The van der Waals surface area contributed by atoms with Crippen molar-refractivity contribution in [1.82, 2.24) is 5.32 Å². The molecule has 0 bridgehead atoms. The molecule has 0 saturated carbocycles. The average Bonchev–Trinajstić information content (AvgIpc) is 3.03. The van der Waals surface area contributed by atoms with E-state index >= 15 is 0 Å². The van der Waals surface area contributed by atoms with Crippen molar-refractivity contribution in [3.63, 3.8) is 0 Å². The summed E-state index contributed by atoms with van der Waals surface area (Å²) in [6.07, 6.45) is 5.56. The highest BCUT2D eigenvalue weighted by atomic mass is 16.7. The highest BCUT2D eigenvalue weighted by Crippen LogP contribution is 2.37. The van der Waals surface area contributed by atoms with Crippen LogP contribution in [0.4, 0.5) is 0 Å². The van der Waals surface area contributed by atoms with Gasteiger partial charge in [-0.15, -0.1) is 0 Å². The number of esters is 1. The Labute approximate surface area is 134 Å². The number of benzene rings is 1. The van der Waals surface area contributed by atoms with E-state index in [1.54, 1.807) is 6.92 Å². The van der Waals surface area contributed by atoms with Crippen molar-refractivity contribution in [2.24, 2.45) is 0 Å². The van der Waals surface area contributed by atoms with Gasteiger partial charge >= 0.3 is 11.9 Å². The number of carbonyl (C=O) groups is 2.